The summed E-state index contributed by atoms with van der Waals surface area (Å²) in [6, 6.07) is -0.0298. The summed E-state index contributed by atoms with van der Waals surface area (Å²) in [7, 11) is -3.19. The molecule has 1 saturated heterocycles. The summed E-state index contributed by atoms with van der Waals surface area (Å²) in [5, 5.41) is 10.2. The molecule has 1 aliphatic carbocycles. The lowest BCUT2D eigenvalue weighted by Crippen LogP contribution is -2.47. The van der Waals surface area contributed by atoms with Crippen molar-refractivity contribution in [2.75, 3.05) is 18.8 Å². The van der Waals surface area contributed by atoms with E-state index in [-0.39, 0.29) is 30.0 Å². The Morgan fingerprint density at radius 2 is 1.82 bits per heavy atom. The summed E-state index contributed by atoms with van der Waals surface area (Å²) in [6.07, 6.45) is 8.13. The third kappa shape index (κ3) is 6.99. The highest BCUT2D eigenvalue weighted by Gasteiger charge is 2.38. The standard InChI is InChI=1S/C22H37N5O5S/c1-3-16-33(30,31)27-14-10-18(11-15-27)23-19(29)8-9-20-24-21(26-32-20)22(25-17(2)28)12-6-4-5-7-13-22/h18H,3-16H2,1-2H3,(H,23,29)(H,25,28). The molecule has 1 aromatic heterocycles. The Morgan fingerprint density at radius 3 is 2.42 bits per heavy atom. The Hall–Kier alpha value is -2.01. The zero-order valence-corrected chi connectivity index (χ0v) is 20.6. The molecule has 2 aliphatic rings. The van der Waals surface area contributed by atoms with Gasteiger partial charge in [0.25, 0.3) is 0 Å². The average molecular weight is 484 g/mol. The van der Waals surface area contributed by atoms with Gasteiger partial charge in [-0.1, -0.05) is 37.8 Å². The highest BCUT2D eigenvalue weighted by atomic mass is 32.2. The van der Waals surface area contributed by atoms with Gasteiger partial charge in [0.15, 0.2) is 5.82 Å². The van der Waals surface area contributed by atoms with Gasteiger partial charge in [0.2, 0.25) is 27.7 Å². The Morgan fingerprint density at radius 1 is 1.15 bits per heavy atom. The van der Waals surface area contributed by atoms with Crippen LogP contribution in [0.3, 0.4) is 0 Å². The van der Waals surface area contributed by atoms with Crippen molar-refractivity contribution in [3.8, 4) is 0 Å². The van der Waals surface area contributed by atoms with Crippen LogP contribution in [0.2, 0.25) is 0 Å². The first-order valence-corrected chi connectivity index (χ1v) is 13.7. The van der Waals surface area contributed by atoms with Crippen molar-refractivity contribution in [2.24, 2.45) is 0 Å². The zero-order valence-electron chi connectivity index (χ0n) is 19.8. The first-order chi connectivity index (χ1) is 15.7. The second-order valence-corrected chi connectivity index (χ2v) is 11.3. The van der Waals surface area contributed by atoms with Crippen molar-refractivity contribution < 1.29 is 22.5 Å². The summed E-state index contributed by atoms with van der Waals surface area (Å²) >= 11 is 0. The molecule has 2 heterocycles. The number of nitrogens with one attached hydrogen (secondary N) is 2. The van der Waals surface area contributed by atoms with Crippen LogP contribution in [0.5, 0.6) is 0 Å². The van der Waals surface area contributed by atoms with Crippen molar-refractivity contribution in [2.45, 2.75) is 96.1 Å². The van der Waals surface area contributed by atoms with Gasteiger partial charge in [-0.25, -0.2) is 12.7 Å². The van der Waals surface area contributed by atoms with E-state index >= 15 is 0 Å². The predicted molar refractivity (Wildman–Crippen MR) is 123 cm³/mol. The third-order valence-corrected chi connectivity index (χ3v) is 8.59. The molecule has 1 saturated carbocycles. The first kappa shape index (κ1) is 25.6. The molecule has 10 nitrogen and oxygen atoms in total. The van der Waals surface area contributed by atoms with Gasteiger partial charge in [-0.15, -0.1) is 0 Å². The van der Waals surface area contributed by atoms with Gasteiger partial charge in [-0.2, -0.15) is 4.98 Å². The Balaban J connectivity index is 1.50. The number of sulfonamides is 1. The largest absolute Gasteiger partial charge is 0.353 e. The van der Waals surface area contributed by atoms with E-state index in [2.05, 4.69) is 20.8 Å². The lowest BCUT2D eigenvalue weighted by molar-refractivity contribution is -0.122. The Labute approximate surface area is 196 Å². The smallest absolute Gasteiger partial charge is 0.227 e. The van der Waals surface area contributed by atoms with Crippen LogP contribution in [0.15, 0.2) is 4.52 Å². The second kappa shape index (κ2) is 11.4. The maximum absolute atomic E-state index is 12.4. The summed E-state index contributed by atoms with van der Waals surface area (Å²) in [6.45, 7) is 4.23. The van der Waals surface area contributed by atoms with Crippen molar-refractivity contribution in [1.82, 2.24) is 25.1 Å². The number of hydrogen-bond acceptors (Lipinski definition) is 7. The minimum absolute atomic E-state index is 0.0298. The Kier molecular flexibility index (Phi) is 8.86. The van der Waals surface area contributed by atoms with Crippen molar-refractivity contribution in [3.63, 3.8) is 0 Å². The number of aryl methyl sites for hydroxylation is 1. The molecule has 0 atom stereocenters. The molecule has 0 bridgehead atoms. The number of nitrogens with zero attached hydrogens (tertiary/aromatic N) is 3. The average Bonchev–Trinajstić information content (AvgIpc) is 3.12. The number of rotatable bonds is 9. The quantitative estimate of drug-likeness (QED) is 0.513. The van der Waals surface area contributed by atoms with Gasteiger partial charge >= 0.3 is 0 Å². The van der Waals surface area contributed by atoms with Gasteiger partial charge in [-0.3, -0.25) is 9.59 Å². The van der Waals surface area contributed by atoms with E-state index in [1.54, 1.807) is 0 Å². The number of carbonyl (C=O) groups excluding carboxylic acids is 2. The minimum atomic E-state index is -3.19. The van der Waals surface area contributed by atoms with Crippen molar-refractivity contribution in [1.29, 1.82) is 0 Å². The molecular weight excluding hydrogens is 446 g/mol. The fourth-order valence-electron chi connectivity index (χ4n) is 4.81. The van der Waals surface area contributed by atoms with E-state index in [0.717, 1.165) is 38.5 Å². The maximum Gasteiger partial charge on any atom is 0.227 e. The summed E-state index contributed by atoms with van der Waals surface area (Å²) in [5.74, 6) is 0.816. The molecule has 33 heavy (non-hydrogen) atoms. The van der Waals surface area contributed by atoms with Crippen LogP contribution < -0.4 is 10.6 Å². The second-order valence-electron chi connectivity index (χ2n) is 9.25. The highest BCUT2D eigenvalue weighted by Crippen LogP contribution is 2.34. The van der Waals surface area contributed by atoms with Gasteiger partial charge in [0.05, 0.1) is 5.75 Å². The molecule has 2 fully saturated rings. The molecule has 0 aromatic carbocycles. The van der Waals surface area contributed by atoms with E-state index in [1.807, 2.05) is 6.92 Å². The van der Waals surface area contributed by atoms with Crippen molar-refractivity contribution >= 4 is 21.8 Å². The molecule has 0 spiro atoms. The molecule has 3 rings (SSSR count). The molecule has 0 radical (unpaired) electrons. The molecule has 0 unspecified atom stereocenters. The monoisotopic (exact) mass is 483 g/mol. The summed E-state index contributed by atoms with van der Waals surface area (Å²) < 4.78 is 31.3. The molecular formula is C22H37N5O5S. The molecule has 186 valence electrons. The third-order valence-electron chi connectivity index (χ3n) is 6.51. The Bertz CT molecular complexity index is 900. The molecule has 2 amide bonds. The van der Waals surface area contributed by atoms with E-state index < -0.39 is 15.6 Å². The van der Waals surface area contributed by atoms with Crippen molar-refractivity contribution in [3.05, 3.63) is 11.7 Å². The van der Waals surface area contributed by atoms with E-state index in [9.17, 15) is 18.0 Å². The van der Waals surface area contributed by atoms with E-state index in [1.165, 1.54) is 11.2 Å². The molecule has 2 N–H and O–H groups in total. The number of hydrogen-bond donors (Lipinski definition) is 2. The fourth-order valence-corrected chi connectivity index (χ4v) is 6.35. The number of piperidine rings is 1. The number of carbonyl (C=O) groups is 2. The summed E-state index contributed by atoms with van der Waals surface area (Å²) in [5.41, 5.74) is -0.599. The topological polar surface area (TPSA) is 134 Å². The lowest BCUT2D eigenvalue weighted by atomic mass is 9.89. The van der Waals surface area contributed by atoms with Crippen LogP contribution in [0, 0.1) is 0 Å². The molecule has 1 aromatic rings. The molecule has 1 aliphatic heterocycles. The van der Waals surface area contributed by atoms with Crippen LogP contribution in [-0.4, -0.2) is 59.6 Å². The predicted octanol–water partition coefficient (Wildman–Crippen LogP) is 2.01. The number of amides is 2. The van der Waals surface area contributed by atoms with Gasteiger partial charge in [0, 0.05) is 38.9 Å². The van der Waals surface area contributed by atoms with Crippen LogP contribution in [0.1, 0.15) is 89.8 Å². The van der Waals surface area contributed by atoms with E-state index in [4.69, 9.17) is 4.52 Å². The highest BCUT2D eigenvalue weighted by molar-refractivity contribution is 7.89. The van der Waals surface area contributed by atoms with Gasteiger partial charge < -0.3 is 15.2 Å². The fraction of sp³-hybridized carbons (Fsp3) is 0.818. The van der Waals surface area contributed by atoms with Gasteiger partial charge in [0.1, 0.15) is 5.54 Å². The van der Waals surface area contributed by atoms with Crippen LogP contribution in [-0.2, 0) is 31.6 Å². The normalized spacial score (nSPS) is 20.2. The SMILES string of the molecule is CCCS(=O)(=O)N1CCC(NC(=O)CCc2nc(C3(NC(C)=O)CCCCCC3)no2)CC1. The first-order valence-electron chi connectivity index (χ1n) is 12.1. The maximum atomic E-state index is 12.4. The lowest BCUT2D eigenvalue weighted by Gasteiger charge is -2.31. The minimum Gasteiger partial charge on any atom is -0.353 e. The zero-order chi connectivity index (χ0) is 23.9. The van der Waals surface area contributed by atoms with E-state index in [0.29, 0.717) is 50.5 Å². The number of aromatic nitrogens is 2. The van der Waals surface area contributed by atoms with Crippen LogP contribution in [0.4, 0.5) is 0 Å². The summed E-state index contributed by atoms with van der Waals surface area (Å²) in [4.78, 5) is 28.8. The van der Waals surface area contributed by atoms with Gasteiger partial charge in [-0.05, 0) is 32.1 Å². The molecule has 11 heteroatoms. The van der Waals surface area contributed by atoms with Crippen LogP contribution >= 0.6 is 0 Å². The van der Waals surface area contributed by atoms with Crippen LogP contribution in [0.25, 0.3) is 0 Å².